The number of carboxylic acids is 1. The minimum absolute atomic E-state index is 0.0265. The van der Waals surface area contributed by atoms with Gasteiger partial charge in [0.1, 0.15) is 5.75 Å². The number of aromatic carboxylic acids is 1. The van der Waals surface area contributed by atoms with E-state index in [4.69, 9.17) is 26.2 Å². The molecule has 0 aliphatic heterocycles. The Morgan fingerprint density at radius 1 is 1.29 bits per heavy atom. The van der Waals surface area contributed by atoms with Gasteiger partial charge in [-0.15, -0.1) is 0 Å². The fraction of sp³-hybridized carbons (Fsp3) is 0.200. The number of carbonyl (C=O) groups is 1. The third kappa shape index (κ3) is 3.86. The Labute approximate surface area is 127 Å². The molecule has 6 heteroatoms. The summed E-state index contributed by atoms with van der Waals surface area (Å²) < 4.78 is 11.2. The van der Waals surface area contributed by atoms with Gasteiger partial charge in [0.25, 0.3) is 5.88 Å². The average molecular weight is 308 g/mol. The molecule has 5 nitrogen and oxygen atoms in total. The van der Waals surface area contributed by atoms with Crippen molar-refractivity contribution >= 4 is 17.6 Å². The van der Waals surface area contributed by atoms with Crippen LogP contribution in [0.25, 0.3) is 0 Å². The van der Waals surface area contributed by atoms with Crippen molar-refractivity contribution in [2.45, 2.75) is 20.0 Å². The standard InChI is InChI=1S/C15H14ClNO4/c1-9(2)20-13-4-3-7-17-14(13)21-12-6-5-10(15(18)19)8-11(12)16/h3-9H,1-2H3,(H,18,19). The number of halogens is 1. The first-order valence-electron chi connectivity index (χ1n) is 6.29. The Bertz CT molecular complexity index is 658. The first-order chi connectivity index (χ1) is 9.97. The molecule has 0 radical (unpaired) electrons. The van der Waals surface area contributed by atoms with E-state index in [-0.39, 0.29) is 22.6 Å². The molecule has 1 N–H and O–H groups in total. The normalized spacial score (nSPS) is 10.5. The largest absolute Gasteiger partial charge is 0.485 e. The van der Waals surface area contributed by atoms with E-state index in [1.54, 1.807) is 18.3 Å². The van der Waals surface area contributed by atoms with Crippen LogP contribution in [-0.2, 0) is 0 Å². The zero-order valence-electron chi connectivity index (χ0n) is 11.5. The molecule has 0 spiro atoms. The van der Waals surface area contributed by atoms with Gasteiger partial charge in [-0.2, -0.15) is 0 Å². The molecule has 0 fully saturated rings. The molecule has 1 heterocycles. The van der Waals surface area contributed by atoms with Crippen LogP contribution in [-0.4, -0.2) is 22.2 Å². The molecule has 0 amide bonds. The second kappa shape index (κ2) is 6.45. The minimum Gasteiger partial charge on any atom is -0.485 e. The van der Waals surface area contributed by atoms with Crippen LogP contribution in [0, 0.1) is 0 Å². The van der Waals surface area contributed by atoms with Gasteiger partial charge >= 0.3 is 5.97 Å². The highest BCUT2D eigenvalue weighted by Gasteiger charge is 2.13. The molecular weight excluding hydrogens is 294 g/mol. The Kier molecular flexibility index (Phi) is 4.65. The van der Waals surface area contributed by atoms with E-state index < -0.39 is 5.97 Å². The van der Waals surface area contributed by atoms with Gasteiger partial charge in [0.2, 0.25) is 0 Å². The molecule has 0 aliphatic carbocycles. The average Bonchev–Trinajstić information content (AvgIpc) is 2.42. The molecule has 0 saturated heterocycles. The summed E-state index contributed by atoms with van der Waals surface area (Å²) in [4.78, 5) is 15.0. The van der Waals surface area contributed by atoms with Gasteiger partial charge in [0, 0.05) is 6.20 Å². The quantitative estimate of drug-likeness (QED) is 0.903. The third-order valence-corrected chi connectivity index (χ3v) is 2.78. The fourth-order valence-corrected chi connectivity index (χ4v) is 1.84. The van der Waals surface area contributed by atoms with Gasteiger partial charge < -0.3 is 14.6 Å². The summed E-state index contributed by atoms with van der Waals surface area (Å²) in [5.41, 5.74) is 0.0898. The fourth-order valence-electron chi connectivity index (χ4n) is 1.62. The second-order valence-corrected chi connectivity index (χ2v) is 4.93. The lowest BCUT2D eigenvalue weighted by Crippen LogP contribution is -2.07. The SMILES string of the molecule is CC(C)Oc1cccnc1Oc1ccc(C(=O)O)cc1Cl. The molecule has 2 aromatic rings. The maximum absolute atomic E-state index is 10.9. The number of rotatable bonds is 5. The minimum atomic E-state index is -1.05. The molecule has 0 saturated carbocycles. The van der Waals surface area contributed by atoms with Crippen LogP contribution in [0.3, 0.4) is 0 Å². The van der Waals surface area contributed by atoms with Gasteiger partial charge in [-0.25, -0.2) is 9.78 Å². The molecule has 2 rings (SSSR count). The van der Waals surface area contributed by atoms with Gasteiger partial charge in [0.05, 0.1) is 16.7 Å². The molecule has 0 atom stereocenters. The Morgan fingerprint density at radius 2 is 2.05 bits per heavy atom. The summed E-state index contributed by atoms with van der Waals surface area (Å²) in [5, 5.41) is 9.09. The van der Waals surface area contributed by atoms with Crippen molar-refractivity contribution in [3.63, 3.8) is 0 Å². The molecule has 0 unspecified atom stereocenters. The molecular formula is C15H14ClNO4. The second-order valence-electron chi connectivity index (χ2n) is 4.53. The third-order valence-electron chi connectivity index (χ3n) is 2.48. The number of pyridine rings is 1. The van der Waals surface area contributed by atoms with E-state index in [9.17, 15) is 4.79 Å². The Hall–Kier alpha value is -2.27. The van der Waals surface area contributed by atoms with E-state index in [0.29, 0.717) is 11.5 Å². The zero-order valence-corrected chi connectivity index (χ0v) is 12.3. The molecule has 0 aliphatic rings. The number of hydrogen-bond donors (Lipinski definition) is 1. The van der Waals surface area contributed by atoms with Crippen molar-refractivity contribution in [3.8, 4) is 17.4 Å². The van der Waals surface area contributed by atoms with Crippen molar-refractivity contribution in [3.05, 3.63) is 47.1 Å². The maximum Gasteiger partial charge on any atom is 0.335 e. The molecule has 1 aromatic heterocycles. The van der Waals surface area contributed by atoms with Crippen molar-refractivity contribution < 1.29 is 19.4 Å². The summed E-state index contributed by atoms with van der Waals surface area (Å²) in [5.74, 6) is 0.0288. The maximum atomic E-state index is 10.9. The summed E-state index contributed by atoms with van der Waals surface area (Å²) in [7, 11) is 0. The van der Waals surface area contributed by atoms with Crippen molar-refractivity contribution in [2.24, 2.45) is 0 Å². The lowest BCUT2D eigenvalue weighted by molar-refractivity contribution is 0.0697. The number of aromatic nitrogens is 1. The van der Waals surface area contributed by atoms with Crippen LogP contribution in [0.15, 0.2) is 36.5 Å². The first-order valence-corrected chi connectivity index (χ1v) is 6.67. The van der Waals surface area contributed by atoms with Crippen molar-refractivity contribution in [1.82, 2.24) is 4.98 Å². The van der Waals surface area contributed by atoms with Gasteiger partial charge in [-0.05, 0) is 44.2 Å². The highest BCUT2D eigenvalue weighted by atomic mass is 35.5. The van der Waals surface area contributed by atoms with Gasteiger partial charge in [-0.3, -0.25) is 0 Å². The topological polar surface area (TPSA) is 68.7 Å². The summed E-state index contributed by atoms with van der Waals surface area (Å²) >= 11 is 6.02. The molecule has 0 bridgehead atoms. The predicted molar refractivity (Wildman–Crippen MR) is 78.5 cm³/mol. The number of hydrogen-bond acceptors (Lipinski definition) is 4. The van der Waals surface area contributed by atoms with Gasteiger partial charge in [0.15, 0.2) is 5.75 Å². The summed E-state index contributed by atoms with van der Waals surface area (Å²) in [6.07, 6.45) is 1.54. The van der Waals surface area contributed by atoms with E-state index in [2.05, 4.69) is 4.98 Å². The summed E-state index contributed by atoms with van der Waals surface area (Å²) in [6, 6.07) is 7.70. The van der Waals surface area contributed by atoms with Crippen LogP contribution >= 0.6 is 11.6 Å². The number of benzene rings is 1. The van der Waals surface area contributed by atoms with E-state index in [0.717, 1.165) is 0 Å². The van der Waals surface area contributed by atoms with Crippen LogP contribution in [0.2, 0.25) is 5.02 Å². The number of carboxylic acid groups (broad SMARTS) is 1. The highest BCUT2D eigenvalue weighted by Crippen LogP contribution is 2.34. The lowest BCUT2D eigenvalue weighted by Gasteiger charge is -2.14. The van der Waals surface area contributed by atoms with Crippen LogP contribution in [0.1, 0.15) is 24.2 Å². The van der Waals surface area contributed by atoms with E-state index >= 15 is 0 Å². The Morgan fingerprint density at radius 3 is 2.67 bits per heavy atom. The Balaban J connectivity index is 2.28. The number of nitrogens with zero attached hydrogens (tertiary/aromatic N) is 1. The van der Waals surface area contributed by atoms with Crippen molar-refractivity contribution in [2.75, 3.05) is 0 Å². The van der Waals surface area contributed by atoms with E-state index in [1.807, 2.05) is 13.8 Å². The van der Waals surface area contributed by atoms with Crippen LogP contribution in [0.5, 0.6) is 17.4 Å². The highest BCUT2D eigenvalue weighted by molar-refractivity contribution is 6.32. The first kappa shape index (κ1) is 15.1. The monoisotopic (exact) mass is 307 g/mol. The number of ether oxygens (including phenoxy) is 2. The van der Waals surface area contributed by atoms with Crippen LogP contribution < -0.4 is 9.47 Å². The van der Waals surface area contributed by atoms with Crippen LogP contribution in [0.4, 0.5) is 0 Å². The molecule has 110 valence electrons. The zero-order chi connectivity index (χ0) is 15.4. The van der Waals surface area contributed by atoms with E-state index in [1.165, 1.54) is 18.2 Å². The molecule has 21 heavy (non-hydrogen) atoms. The molecule has 1 aromatic carbocycles. The van der Waals surface area contributed by atoms with Gasteiger partial charge in [-0.1, -0.05) is 11.6 Å². The predicted octanol–water partition coefficient (Wildman–Crippen LogP) is 4.01. The smallest absolute Gasteiger partial charge is 0.335 e. The lowest BCUT2D eigenvalue weighted by atomic mass is 10.2. The summed E-state index contributed by atoms with van der Waals surface area (Å²) in [6.45, 7) is 3.79. The van der Waals surface area contributed by atoms with Crippen molar-refractivity contribution in [1.29, 1.82) is 0 Å².